The Morgan fingerprint density at radius 2 is 1.95 bits per heavy atom. The largest absolute Gasteiger partial charge is 0.396 e. The van der Waals surface area contributed by atoms with E-state index in [9.17, 15) is 4.79 Å². The Kier molecular flexibility index (Phi) is 5.11. The highest BCUT2D eigenvalue weighted by Crippen LogP contribution is 2.48. The molecule has 120 valence electrons. The molecule has 0 spiro atoms. The fourth-order valence-electron chi connectivity index (χ4n) is 3.33. The van der Waals surface area contributed by atoms with Crippen LogP contribution < -0.4 is 0 Å². The Morgan fingerprint density at radius 1 is 1.23 bits per heavy atom. The molecule has 22 heavy (non-hydrogen) atoms. The van der Waals surface area contributed by atoms with Gasteiger partial charge in [0.15, 0.2) is 0 Å². The van der Waals surface area contributed by atoms with E-state index in [-0.39, 0.29) is 18.6 Å². The van der Waals surface area contributed by atoms with Gasteiger partial charge in [-0.05, 0) is 37.2 Å². The van der Waals surface area contributed by atoms with Crippen LogP contribution in [0.4, 0.5) is 0 Å². The van der Waals surface area contributed by atoms with Gasteiger partial charge in [-0.3, -0.25) is 4.79 Å². The van der Waals surface area contributed by atoms with E-state index in [1.165, 1.54) is 5.56 Å². The molecule has 0 bridgehead atoms. The van der Waals surface area contributed by atoms with Gasteiger partial charge in [-0.1, -0.05) is 30.3 Å². The number of amides is 1. The molecule has 1 saturated heterocycles. The summed E-state index contributed by atoms with van der Waals surface area (Å²) in [5.74, 6) is 0.934. The van der Waals surface area contributed by atoms with Crippen molar-refractivity contribution in [3.05, 3.63) is 35.9 Å². The van der Waals surface area contributed by atoms with E-state index in [0.717, 1.165) is 32.4 Å². The maximum absolute atomic E-state index is 12.6. The third-order valence-electron chi connectivity index (χ3n) is 4.75. The quantitative estimate of drug-likeness (QED) is 0.820. The molecule has 2 atom stereocenters. The lowest BCUT2D eigenvalue weighted by Crippen LogP contribution is -2.41. The summed E-state index contributed by atoms with van der Waals surface area (Å²) in [6.07, 6.45) is 3.77. The monoisotopic (exact) mass is 303 g/mol. The summed E-state index contributed by atoms with van der Waals surface area (Å²) in [5.41, 5.74) is 1.29. The second-order valence-corrected chi connectivity index (χ2v) is 6.33. The molecule has 3 rings (SSSR count). The van der Waals surface area contributed by atoms with Crippen molar-refractivity contribution in [3.8, 4) is 0 Å². The molecule has 0 aromatic heterocycles. The lowest BCUT2D eigenvalue weighted by Gasteiger charge is -2.32. The summed E-state index contributed by atoms with van der Waals surface area (Å²) in [4.78, 5) is 14.6. The average molecular weight is 303 g/mol. The van der Waals surface area contributed by atoms with Crippen molar-refractivity contribution in [2.45, 2.75) is 37.7 Å². The summed E-state index contributed by atoms with van der Waals surface area (Å²) in [6, 6.07) is 10.4. The molecule has 2 unspecified atom stereocenters. The van der Waals surface area contributed by atoms with E-state index in [2.05, 4.69) is 12.1 Å². The van der Waals surface area contributed by atoms with Gasteiger partial charge >= 0.3 is 0 Å². The number of hydrogen-bond donors (Lipinski definition) is 1. The molecule has 4 heteroatoms. The number of aliphatic hydroxyl groups excluding tert-OH is 1. The molecule has 1 aliphatic heterocycles. The molecule has 2 aliphatic rings. The lowest BCUT2D eigenvalue weighted by molar-refractivity contribution is -0.135. The van der Waals surface area contributed by atoms with E-state index < -0.39 is 0 Å². The SMILES string of the molecule is O=C(C1CC1c1ccccc1)N1CCC(OCCCO)CC1. The molecule has 2 fully saturated rings. The van der Waals surface area contributed by atoms with E-state index in [0.29, 0.717) is 24.9 Å². The molecule has 1 amide bonds. The molecule has 1 aliphatic carbocycles. The van der Waals surface area contributed by atoms with Crippen LogP contribution >= 0.6 is 0 Å². The first-order chi connectivity index (χ1) is 10.8. The highest BCUT2D eigenvalue weighted by atomic mass is 16.5. The number of ether oxygens (including phenoxy) is 1. The molecule has 1 heterocycles. The number of hydrogen-bond acceptors (Lipinski definition) is 3. The third-order valence-corrected chi connectivity index (χ3v) is 4.75. The fourth-order valence-corrected chi connectivity index (χ4v) is 3.33. The van der Waals surface area contributed by atoms with Crippen LogP contribution in [0.5, 0.6) is 0 Å². The molecule has 0 radical (unpaired) electrons. The number of benzene rings is 1. The fraction of sp³-hybridized carbons (Fsp3) is 0.611. The number of rotatable bonds is 6. The Morgan fingerprint density at radius 3 is 2.64 bits per heavy atom. The van der Waals surface area contributed by atoms with Crippen molar-refractivity contribution < 1.29 is 14.6 Å². The molecular formula is C18H25NO3. The van der Waals surface area contributed by atoms with E-state index >= 15 is 0 Å². The predicted molar refractivity (Wildman–Crippen MR) is 84.5 cm³/mol. The van der Waals surface area contributed by atoms with Gasteiger partial charge in [-0.25, -0.2) is 0 Å². The van der Waals surface area contributed by atoms with Gasteiger partial charge < -0.3 is 14.7 Å². The molecule has 4 nitrogen and oxygen atoms in total. The molecule has 1 N–H and O–H groups in total. The summed E-state index contributed by atoms with van der Waals surface area (Å²) >= 11 is 0. The zero-order valence-corrected chi connectivity index (χ0v) is 13.0. The normalized spacial score (nSPS) is 25.2. The van der Waals surface area contributed by atoms with Crippen molar-refractivity contribution in [1.82, 2.24) is 4.90 Å². The molecule has 1 aromatic rings. The first-order valence-electron chi connectivity index (χ1n) is 8.36. The minimum absolute atomic E-state index is 0.180. The number of piperidine rings is 1. The van der Waals surface area contributed by atoms with Gasteiger partial charge in [-0.15, -0.1) is 0 Å². The van der Waals surface area contributed by atoms with Crippen LogP contribution in [0.3, 0.4) is 0 Å². The Bertz CT molecular complexity index is 482. The smallest absolute Gasteiger partial charge is 0.226 e. The predicted octanol–water partition coefficient (Wildman–Crippen LogP) is 2.18. The maximum atomic E-state index is 12.6. The minimum atomic E-state index is 0.180. The topological polar surface area (TPSA) is 49.8 Å². The third kappa shape index (κ3) is 3.68. The highest BCUT2D eigenvalue weighted by molar-refractivity contribution is 5.83. The van der Waals surface area contributed by atoms with Gasteiger partial charge in [0.25, 0.3) is 0 Å². The van der Waals surface area contributed by atoms with Gasteiger partial charge in [-0.2, -0.15) is 0 Å². The summed E-state index contributed by atoms with van der Waals surface area (Å²) in [5, 5.41) is 8.76. The minimum Gasteiger partial charge on any atom is -0.396 e. The van der Waals surface area contributed by atoms with Crippen molar-refractivity contribution in [2.24, 2.45) is 5.92 Å². The standard InChI is InChI=1S/C18H25NO3/c20-11-4-12-22-15-7-9-19(10-8-15)18(21)17-13-16(17)14-5-2-1-3-6-14/h1-3,5-6,15-17,20H,4,7-13H2. The number of likely N-dealkylation sites (tertiary alicyclic amines) is 1. The van der Waals surface area contributed by atoms with Crippen LogP contribution in [0, 0.1) is 5.92 Å². The van der Waals surface area contributed by atoms with Crippen molar-refractivity contribution >= 4 is 5.91 Å². The molecule has 1 aromatic carbocycles. The van der Waals surface area contributed by atoms with Crippen molar-refractivity contribution in [2.75, 3.05) is 26.3 Å². The van der Waals surface area contributed by atoms with Crippen LogP contribution in [0.25, 0.3) is 0 Å². The average Bonchev–Trinajstić information content (AvgIpc) is 3.37. The van der Waals surface area contributed by atoms with E-state index in [1.54, 1.807) is 0 Å². The Balaban J connectivity index is 1.43. The molecular weight excluding hydrogens is 278 g/mol. The molecule has 1 saturated carbocycles. The number of carbonyl (C=O) groups excluding carboxylic acids is 1. The Hall–Kier alpha value is -1.39. The van der Waals surface area contributed by atoms with Crippen LogP contribution in [-0.2, 0) is 9.53 Å². The zero-order chi connectivity index (χ0) is 15.4. The van der Waals surface area contributed by atoms with Gasteiger partial charge in [0.05, 0.1) is 6.10 Å². The second-order valence-electron chi connectivity index (χ2n) is 6.33. The number of carbonyl (C=O) groups is 1. The van der Waals surface area contributed by atoms with Crippen LogP contribution in [-0.4, -0.2) is 48.3 Å². The van der Waals surface area contributed by atoms with E-state index in [4.69, 9.17) is 9.84 Å². The number of nitrogens with zero attached hydrogens (tertiary/aromatic N) is 1. The van der Waals surface area contributed by atoms with E-state index in [1.807, 2.05) is 23.1 Å². The zero-order valence-electron chi connectivity index (χ0n) is 13.0. The van der Waals surface area contributed by atoms with Crippen LogP contribution in [0.2, 0.25) is 0 Å². The summed E-state index contributed by atoms with van der Waals surface area (Å²) < 4.78 is 5.72. The van der Waals surface area contributed by atoms with Crippen LogP contribution in [0.15, 0.2) is 30.3 Å². The summed E-state index contributed by atoms with van der Waals surface area (Å²) in [7, 11) is 0. The van der Waals surface area contributed by atoms with Gasteiger partial charge in [0.1, 0.15) is 0 Å². The van der Waals surface area contributed by atoms with Crippen molar-refractivity contribution in [1.29, 1.82) is 0 Å². The lowest BCUT2D eigenvalue weighted by atomic mass is 10.1. The first-order valence-corrected chi connectivity index (χ1v) is 8.36. The summed E-state index contributed by atoms with van der Waals surface area (Å²) in [6.45, 7) is 2.41. The first kappa shape index (κ1) is 15.5. The number of aliphatic hydroxyl groups is 1. The van der Waals surface area contributed by atoms with Crippen LogP contribution in [0.1, 0.15) is 37.2 Å². The second kappa shape index (κ2) is 7.25. The Labute approximate surface area is 132 Å². The van der Waals surface area contributed by atoms with Gasteiger partial charge in [0.2, 0.25) is 5.91 Å². The highest BCUT2D eigenvalue weighted by Gasteiger charge is 2.46. The van der Waals surface area contributed by atoms with Gasteiger partial charge in [0, 0.05) is 32.2 Å². The van der Waals surface area contributed by atoms with Crippen molar-refractivity contribution in [3.63, 3.8) is 0 Å². The maximum Gasteiger partial charge on any atom is 0.226 e.